The van der Waals surface area contributed by atoms with Crippen LogP contribution in [0.3, 0.4) is 0 Å². The first-order valence-corrected chi connectivity index (χ1v) is 7.28. The average molecular weight is 326 g/mol. The van der Waals surface area contributed by atoms with Gasteiger partial charge in [-0.15, -0.1) is 12.4 Å². The minimum atomic E-state index is -0.467. The summed E-state index contributed by atoms with van der Waals surface area (Å²) in [6.45, 7) is 2.95. The highest BCUT2D eigenvalue weighted by Gasteiger charge is 2.43. The molecule has 2 fully saturated rings. The Balaban J connectivity index is 0.00000176. The number of benzene rings is 1. The average Bonchev–Trinajstić information content (AvgIpc) is 3.00. The van der Waals surface area contributed by atoms with Crippen LogP contribution in [0.5, 0.6) is 0 Å². The van der Waals surface area contributed by atoms with Gasteiger partial charge in [0, 0.05) is 24.7 Å². The molecule has 1 amide bonds. The molecule has 2 aliphatic rings. The van der Waals surface area contributed by atoms with Gasteiger partial charge in [0.1, 0.15) is 5.56 Å². The number of carbonyl (C=O) groups excluding carboxylic acids is 1. The largest absolute Gasteiger partial charge is 0.338 e. The van der Waals surface area contributed by atoms with Gasteiger partial charge in [-0.25, -0.2) is 0 Å². The zero-order valence-corrected chi connectivity index (χ0v) is 13.2. The summed E-state index contributed by atoms with van der Waals surface area (Å²) >= 11 is 0. The molecule has 0 aromatic heterocycles. The number of aryl methyl sites for hydroxylation is 1. The van der Waals surface area contributed by atoms with Crippen LogP contribution in [0.15, 0.2) is 18.2 Å². The molecule has 0 radical (unpaired) electrons. The van der Waals surface area contributed by atoms with Gasteiger partial charge in [-0.1, -0.05) is 12.1 Å². The number of nitrogens with zero attached hydrogens (tertiary/aromatic N) is 2. The predicted octanol–water partition coefficient (Wildman–Crippen LogP) is 2.13. The summed E-state index contributed by atoms with van der Waals surface area (Å²) < 4.78 is 0. The lowest BCUT2D eigenvalue weighted by Crippen LogP contribution is -2.33. The van der Waals surface area contributed by atoms with Gasteiger partial charge in [0.05, 0.1) is 4.92 Å². The van der Waals surface area contributed by atoms with Crippen molar-refractivity contribution < 1.29 is 9.72 Å². The second-order valence-electron chi connectivity index (χ2n) is 6.10. The topological polar surface area (TPSA) is 89.5 Å². The molecule has 120 valence electrons. The highest BCUT2D eigenvalue weighted by Crippen LogP contribution is 2.38. The molecule has 0 spiro atoms. The van der Waals surface area contributed by atoms with Gasteiger partial charge in [-0.05, 0) is 37.7 Å². The van der Waals surface area contributed by atoms with Gasteiger partial charge >= 0.3 is 0 Å². The number of halogens is 1. The number of nitro benzene ring substituents is 1. The molecule has 1 saturated carbocycles. The van der Waals surface area contributed by atoms with E-state index < -0.39 is 4.92 Å². The van der Waals surface area contributed by atoms with Crippen molar-refractivity contribution in [1.29, 1.82) is 0 Å². The van der Waals surface area contributed by atoms with Crippen molar-refractivity contribution in [2.24, 2.45) is 17.6 Å². The molecule has 1 saturated heterocycles. The van der Waals surface area contributed by atoms with Gasteiger partial charge in [-0.2, -0.15) is 0 Å². The summed E-state index contributed by atoms with van der Waals surface area (Å²) in [7, 11) is 0. The SMILES string of the molecule is Cc1cccc(C(=O)N2CC3CCC(N)C3C2)c1[N+](=O)[O-].Cl. The number of nitro groups is 1. The molecule has 1 aromatic rings. The van der Waals surface area contributed by atoms with Crippen LogP contribution < -0.4 is 5.73 Å². The Morgan fingerprint density at radius 2 is 2.09 bits per heavy atom. The monoisotopic (exact) mass is 325 g/mol. The van der Waals surface area contributed by atoms with E-state index in [9.17, 15) is 14.9 Å². The van der Waals surface area contributed by atoms with Crippen molar-refractivity contribution >= 4 is 24.0 Å². The molecule has 1 heterocycles. The maximum absolute atomic E-state index is 12.6. The van der Waals surface area contributed by atoms with Crippen LogP contribution in [-0.4, -0.2) is 34.9 Å². The van der Waals surface area contributed by atoms with Crippen LogP contribution in [0.25, 0.3) is 0 Å². The number of nitrogens with two attached hydrogens (primary N) is 1. The number of hydrogen-bond acceptors (Lipinski definition) is 4. The highest BCUT2D eigenvalue weighted by atomic mass is 35.5. The molecular formula is C15H20ClN3O3. The van der Waals surface area contributed by atoms with E-state index in [1.807, 2.05) is 0 Å². The van der Waals surface area contributed by atoms with E-state index in [-0.39, 0.29) is 35.6 Å². The standard InChI is InChI=1S/C15H19N3O3.ClH/c1-9-3-2-4-11(14(9)18(20)21)15(19)17-7-10-5-6-13(16)12(10)8-17;/h2-4,10,12-13H,5-8,16H2,1H3;1H. The number of carbonyl (C=O) groups is 1. The molecule has 6 nitrogen and oxygen atoms in total. The number of likely N-dealkylation sites (tertiary alicyclic amines) is 1. The third-order valence-corrected chi connectivity index (χ3v) is 4.85. The third kappa shape index (κ3) is 2.68. The minimum absolute atomic E-state index is 0. The summed E-state index contributed by atoms with van der Waals surface area (Å²) in [6.07, 6.45) is 2.06. The minimum Gasteiger partial charge on any atom is -0.338 e. The molecule has 3 unspecified atom stereocenters. The normalized spacial score (nSPS) is 26.5. The molecule has 3 rings (SSSR count). The summed E-state index contributed by atoms with van der Waals surface area (Å²) in [5, 5.41) is 11.2. The quantitative estimate of drug-likeness (QED) is 0.666. The lowest BCUT2D eigenvalue weighted by atomic mass is 9.98. The van der Waals surface area contributed by atoms with Crippen LogP contribution in [0.4, 0.5) is 5.69 Å². The second-order valence-corrected chi connectivity index (χ2v) is 6.10. The molecule has 3 atom stereocenters. The maximum Gasteiger partial charge on any atom is 0.285 e. The van der Waals surface area contributed by atoms with Gasteiger partial charge < -0.3 is 10.6 Å². The number of rotatable bonds is 2. The van der Waals surface area contributed by atoms with E-state index in [1.165, 1.54) is 0 Å². The highest BCUT2D eigenvalue weighted by molar-refractivity contribution is 5.98. The van der Waals surface area contributed by atoms with E-state index in [1.54, 1.807) is 30.0 Å². The first kappa shape index (κ1) is 16.7. The molecule has 2 N–H and O–H groups in total. The Kier molecular flexibility index (Phi) is 4.72. The Morgan fingerprint density at radius 1 is 1.36 bits per heavy atom. The second kappa shape index (κ2) is 6.22. The Morgan fingerprint density at radius 3 is 2.73 bits per heavy atom. The van der Waals surface area contributed by atoms with Gasteiger partial charge in [-0.3, -0.25) is 14.9 Å². The maximum atomic E-state index is 12.6. The van der Waals surface area contributed by atoms with Crippen molar-refractivity contribution in [3.05, 3.63) is 39.4 Å². The first-order chi connectivity index (χ1) is 9.99. The molecule has 1 aliphatic carbocycles. The van der Waals surface area contributed by atoms with Crippen molar-refractivity contribution in [3.8, 4) is 0 Å². The fraction of sp³-hybridized carbons (Fsp3) is 0.533. The van der Waals surface area contributed by atoms with Gasteiger partial charge in [0.15, 0.2) is 0 Å². The van der Waals surface area contributed by atoms with E-state index in [4.69, 9.17) is 5.73 Å². The van der Waals surface area contributed by atoms with Crippen LogP contribution in [0.2, 0.25) is 0 Å². The van der Waals surface area contributed by atoms with Crippen molar-refractivity contribution in [2.75, 3.05) is 13.1 Å². The third-order valence-electron chi connectivity index (χ3n) is 4.85. The fourth-order valence-corrected chi connectivity index (χ4v) is 3.72. The van der Waals surface area contributed by atoms with Gasteiger partial charge in [0.2, 0.25) is 0 Å². The lowest BCUT2D eigenvalue weighted by Gasteiger charge is -2.19. The predicted molar refractivity (Wildman–Crippen MR) is 85.2 cm³/mol. The molecule has 1 aromatic carbocycles. The Bertz CT molecular complexity index is 608. The molecular weight excluding hydrogens is 306 g/mol. The number of para-hydroxylation sites is 1. The van der Waals surface area contributed by atoms with Crippen LogP contribution in [-0.2, 0) is 0 Å². The van der Waals surface area contributed by atoms with E-state index in [0.29, 0.717) is 30.5 Å². The van der Waals surface area contributed by atoms with E-state index in [0.717, 1.165) is 12.8 Å². The number of fused-ring (bicyclic) bond motifs is 1. The lowest BCUT2D eigenvalue weighted by molar-refractivity contribution is -0.385. The van der Waals surface area contributed by atoms with Crippen molar-refractivity contribution in [3.63, 3.8) is 0 Å². The summed E-state index contributed by atoms with van der Waals surface area (Å²) in [5.41, 5.74) is 6.70. The Labute approximate surface area is 135 Å². The zero-order valence-electron chi connectivity index (χ0n) is 12.4. The Hall–Kier alpha value is -1.66. The van der Waals surface area contributed by atoms with Crippen molar-refractivity contribution in [2.45, 2.75) is 25.8 Å². The summed E-state index contributed by atoms with van der Waals surface area (Å²) in [5.74, 6) is 0.553. The summed E-state index contributed by atoms with van der Waals surface area (Å²) in [4.78, 5) is 25.1. The fourth-order valence-electron chi connectivity index (χ4n) is 3.72. The van der Waals surface area contributed by atoms with E-state index in [2.05, 4.69) is 0 Å². The molecule has 1 aliphatic heterocycles. The van der Waals surface area contributed by atoms with Crippen LogP contribution in [0.1, 0.15) is 28.8 Å². The molecule has 7 heteroatoms. The number of amides is 1. The first-order valence-electron chi connectivity index (χ1n) is 7.28. The number of hydrogen-bond donors (Lipinski definition) is 1. The zero-order chi connectivity index (χ0) is 15.1. The molecule has 22 heavy (non-hydrogen) atoms. The molecule has 0 bridgehead atoms. The van der Waals surface area contributed by atoms with Gasteiger partial charge in [0.25, 0.3) is 11.6 Å². The van der Waals surface area contributed by atoms with E-state index >= 15 is 0 Å². The smallest absolute Gasteiger partial charge is 0.285 e. The van der Waals surface area contributed by atoms with Crippen molar-refractivity contribution in [1.82, 2.24) is 4.90 Å². The van der Waals surface area contributed by atoms with Crippen LogP contribution >= 0.6 is 12.4 Å². The summed E-state index contributed by atoms with van der Waals surface area (Å²) in [6, 6.07) is 5.05. The van der Waals surface area contributed by atoms with Crippen LogP contribution in [0, 0.1) is 28.9 Å².